The van der Waals surface area contributed by atoms with E-state index in [1.165, 1.54) is 25.7 Å². The molecule has 1 saturated carbocycles. The Bertz CT molecular complexity index is 727. The van der Waals surface area contributed by atoms with Gasteiger partial charge in [0, 0.05) is 32.9 Å². The zero-order valence-electron chi connectivity index (χ0n) is 16.7. The van der Waals surface area contributed by atoms with Crippen LogP contribution in [0.1, 0.15) is 37.8 Å². The molecule has 0 radical (unpaired) electrons. The van der Waals surface area contributed by atoms with Crippen LogP contribution in [0.15, 0.2) is 46.0 Å². The first kappa shape index (κ1) is 22.7. The van der Waals surface area contributed by atoms with E-state index in [4.69, 9.17) is 9.15 Å². The largest absolute Gasteiger partial charge is 0.444 e. The van der Waals surface area contributed by atoms with Crippen LogP contribution in [0.2, 0.25) is 0 Å². The van der Waals surface area contributed by atoms with Gasteiger partial charge in [-0.05, 0) is 36.8 Å². The standard InChI is InChI=1S/C21H30N4O2.HI/c1-22-20(24-16-21(12-13-26-2)10-6-7-11-21)23-14-18-15-27-19(25-18)17-8-4-3-5-9-17;/h3-5,8-9,15H,6-7,10-14,16H2,1-2H3,(H2,22,23,24);1H. The van der Waals surface area contributed by atoms with Crippen molar-refractivity contribution in [1.82, 2.24) is 15.6 Å². The summed E-state index contributed by atoms with van der Waals surface area (Å²) in [5, 5.41) is 6.83. The van der Waals surface area contributed by atoms with Gasteiger partial charge in [-0.25, -0.2) is 4.98 Å². The number of nitrogens with one attached hydrogen (secondary N) is 2. The zero-order chi connectivity index (χ0) is 19.0. The van der Waals surface area contributed by atoms with Gasteiger partial charge in [0.25, 0.3) is 0 Å². The van der Waals surface area contributed by atoms with E-state index in [0.29, 0.717) is 17.9 Å². The lowest BCUT2D eigenvalue weighted by Crippen LogP contribution is -2.43. The Hall–Kier alpha value is -1.61. The smallest absolute Gasteiger partial charge is 0.226 e. The first-order valence-corrected chi connectivity index (χ1v) is 9.68. The third kappa shape index (κ3) is 6.20. The van der Waals surface area contributed by atoms with Crippen molar-refractivity contribution in [3.63, 3.8) is 0 Å². The Morgan fingerprint density at radius 1 is 1.21 bits per heavy atom. The molecule has 1 aliphatic carbocycles. The van der Waals surface area contributed by atoms with Gasteiger partial charge in [-0.2, -0.15) is 0 Å². The van der Waals surface area contributed by atoms with Crippen LogP contribution in [0.25, 0.3) is 11.5 Å². The second-order valence-electron chi connectivity index (χ2n) is 7.24. The lowest BCUT2D eigenvalue weighted by atomic mass is 9.83. The molecule has 7 heteroatoms. The number of oxazole rings is 1. The average Bonchev–Trinajstić information content (AvgIpc) is 3.37. The molecule has 0 spiro atoms. The fourth-order valence-electron chi connectivity index (χ4n) is 3.73. The number of guanidine groups is 1. The molecule has 3 rings (SSSR count). The van der Waals surface area contributed by atoms with Crippen molar-refractivity contribution in [1.29, 1.82) is 0 Å². The van der Waals surface area contributed by atoms with E-state index >= 15 is 0 Å². The Labute approximate surface area is 184 Å². The van der Waals surface area contributed by atoms with E-state index in [-0.39, 0.29) is 24.0 Å². The molecular formula is C21H31IN4O2. The Kier molecular flexibility index (Phi) is 9.24. The number of benzene rings is 1. The van der Waals surface area contributed by atoms with Gasteiger partial charge >= 0.3 is 0 Å². The highest BCUT2D eigenvalue weighted by molar-refractivity contribution is 14.0. The summed E-state index contributed by atoms with van der Waals surface area (Å²) in [7, 11) is 3.57. The van der Waals surface area contributed by atoms with Gasteiger partial charge in [0.1, 0.15) is 6.26 Å². The quantitative estimate of drug-likeness (QED) is 0.324. The minimum absolute atomic E-state index is 0. The SMILES string of the molecule is CN=C(NCc1coc(-c2ccccc2)n1)NCC1(CCOC)CCCC1.I. The molecule has 0 bridgehead atoms. The predicted octanol–water partition coefficient (Wildman–Crippen LogP) is 4.22. The van der Waals surface area contributed by atoms with Crippen LogP contribution in [0, 0.1) is 5.41 Å². The van der Waals surface area contributed by atoms with Crippen molar-refractivity contribution >= 4 is 29.9 Å². The van der Waals surface area contributed by atoms with Gasteiger partial charge in [-0.1, -0.05) is 31.0 Å². The molecule has 154 valence electrons. The van der Waals surface area contributed by atoms with Crippen LogP contribution in [-0.2, 0) is 11.3 Å². The van der Waals surface area contributed by atoms with Gasteiger partial charge in [0.15, 0.2) is 5.96 Å². The highest BCUT2D eigenvalue weighted by Crippen LogP contribution is 2.40. The van der Waals surface area contributed by atoms with Crippen LogP contribution in [0.4, 0.5) is 0 Å². The zero-order valence-corrected chi connectivity index (χ0v) is 19.1. The maximum Gasteiger partial charge on any atom is 0.226 e. The summed E-state index contributed by atoms with van der Waals surface area (Å²) in [6.07, 6.45) is 7.91. The van der Waals surface area contributed by atoms with Crippen LogP contribution in [-0.4, -0.2) is 38.3 Å². The Balaban J connectivity index is 0.00000280. The van der Waals surface area contributed by atoms with Crippen molar-refractivity contribution in [2.24, 2.45) is 10.4 Å². The first-order valence-electron chi connectivity index (χ1n) is 9.68. The number of aliphatic imine (C=N–C) groups is 1. The maximum absolute atomic E-state index is 5.59. The second kappa shape index (κ2) is 11.4. The Morgan fingerprint density at radius 2 is 1.96 bits per heavy atom. The molecule has 1 fully saturated rings. The maximum atomic E-state index is 5.59. The number of nitrogens with zero attached hydrogens (tertiary/aromatic N) is 2. The number of aromatic nitrogens is 1. The van der Waals surface area contributed by atoms with Crippen LogP contribution >= 0.6 is 24.0 Å². The van der Waals surface area contributed by atoms with E-state index in [1.807, 2.05) is 30.3 Å². The average molecular weight is 498 g/mol. The molecule has 0 amide bonds. The molecule has 2 N–H and O–H groups in total. The Morgan fingerprint density at radius 3 is 2.64 bits per heavy atom. The summed E-state index contributed by atoms with van der Waals surface area (Å²) in [5.41, 5.74) is 2.15. The van der Waals surface area contributed by atoms with Crippen LogP contribution in [0.5, 0.6) is 0 Å². The summed E-state index contributed by atoms with van der Waals surface area (Å²) in [6, 6.07) is 9.92. The van der Waals surface area contributed by atoms with Gasteiger partial charge in [0.2, 0.25) is 5.89 Å². The molecule has 1 aromatic carbocycles. The van der Waals surface area contributed by atoms with Crippen LogP contribution < -0.4 is 10.6 Å². The summed E-state index contributed by atoms with van der Waals surface area (Å²) >= 11 is 0. The minimum Gasteiger partial charge on any atom is -0.444 e. The molecule has 0 atom stereocenters. The topological polar surface area (TPSA) is 71.7 Å². The van der Waals surface area contributed by atoms with Crippen molar-refractivity contribution in [3.8, 4) is 11.5 Å². The summed E-state index contributed by atoms with van der Waals surface area (Å²) in [5.74, 6) is 1.43. The number of hydrogen-bond donors (Lipinski definition) is 2. The number of hydrogen-bond acceptors (Lipinski definition) is 4. The summed E-state index contributed by atoms with van der Waals surface area (Å²) in [6.45, 7) is 2.31. The molecular weight excluding hydrogens is 467 g/mol. The molecule has 1 heterocycles. The van der Waals surface area contributed by atoms with Crippen molar-refractivity contribution < 1.29 is 9.15 Å². The number of rotatable bonds is 8. The normalized spacial score (nSPS) is 15.9. The number of ether oxygens (including phenoxy) is 1. The number of halogens is 1. The molecule has 6 nitrogen and oxygen atoms in total. The van der Waals surface area contributed by atoms with E-state index < -0.39 is 0 Å². The molecule has 2 aromatic rings. The monoisotopic (exact) mass is 498 g/mol. The van der Waals surface area contributed by atoms with Gasteiger partial charge in [-0.15, -0.1) is 24.0 Å². The lowest BCUT2D eigenvalue weighted by Gasteiger charge is -2.29. The lowest BCUT2D eigenvalue weighted by molar-refractivity contribution is 0.138. The highest BCUT2D eigenvalue weighted by Gasteiger charge is 2.33. The fourth-order valence-corrected chi connectivity index (χ4v) is 3.73. The van der Waals surface area contributed by atoms with E-state index in [0.717, 1.165) is 36.8 Å². The number of methoxy groups -OCH3 is 1. The van der Waals surface area contributed by atoms with E-state index in [2.05, 4.69) is 20.6 Å². The second-order valence-corrected chi connectivity index (χ2v) is 7.24. The fraction of sp³-hybridized carbons (Fsp3) is 0.524. The minimum atomic E-state index is 0. The summed E-state index contributed by atoms with van der Waals surface area (Å²) < 4.78 is 10.9. The molecule has 0 unspecified atom stereocenters. The highest BCUT2D eigenvalue weighted by atomic mass is 127. The predicted molar refractivity (Wildman–Crippen MR) is 123 cm³/mol. The molecule has 0 aliphatic heterocycles. The molecule has 0 saturated heterocycles. The first-order chi connectivity index (χ1) is 13.2. The molecule has 1 aliphatic rings. The van der Waals surface area contributed by atoms with Crippen LogP contribution in [0.3, 0.4) is 0 Å². The van der Waals surface area contributed by atoms with Crippen molar-refractivity contribution in [2.45, 2.75) is 38.6 Å². The van der Waals surface area contributed by atoms with E-state index in [1.54, 1.807) is 20.4 Å². The van der Waals surface area contributed by atoms with Crippen molar-refractivity contribution in [3.05, 3.63) is 42.3 Å². The third-order valence-corrected chi connectivity index (χ3v) is 5.36. The van der Waals surface area contributed by atoms with E-state index in [9.17, 15) is 0 Å². The summed E-state index contributed by atoms with van der Waals surface area (Å²) in [4.78, 5) is 8.90. The third-order valence-electron chi connectivity index (χ3n) is 5.36. The van der Waals surface area contributed by atoms with Gasteiger partial charge in [-0.3, -0.25) is 4.99 Å². The molecule has 28 heavy (non-hydrogen) atoms. The molecule has 1 aromatic heterocycles. The van der Waals surface area contributed by atoms with Gasteiger partial charge in [0.05, 0.1) is 12.2 Å². The van der Waals surface area contributed by atoms with Gasteiger partial charge < -0.3 is 19.8 Å². The van der Waals surface area contributed by atoms with Crippen molar-refractivity contribution in [2.75, 3.05) is 27.3 Å².